The summed E-state index contributed by atoms with van der Waals surface area (Å²) in [6, 6.07) is 12.7. The molecular weight excluding hydrogens is 240 g/mol. The molecule has 98 valence electrons. The molecule has 1 aromatic carbocycles. The first-order valence-corrected chi connectivity index (χ1v) is 5.93. The Labute approximate surface area is 112 Å². The topological polar surface area (TPSA) is 71.2 Å². The maximum Gasteiger partial charge on any atom is 0.253 e. The quantitative estimate of drug-likeness (QED) is 0.644. The predicted molar refractivity (Wildman–Crippen MR) is 74.3 cm³/mol. The average Bonchev–Trinajstić information content (AvgIpc) is 2.47. The second-order valence-electron chi connectivity index (χ2n) is 4.20. The minimum Gasteiger partial charge on any atom is -0.336 e. The largest absolute Gasteiger partial charge is 0.336 e. The van der Waals surface area contributed by atoms with Crippen LogP contribution in [0.4, 0.5) is 5.69 Å². The zero-order valence-electron chi connectivity index (χ0n) is 10.7. The first-order chi connectivity index (χ1) is 9.20. The Hall–Kier alpha value is -2.40. The third-order valence-corrected chi connectivity index (χ3v) is 2.77. The molecule has 3 N–H and O–H groups in total. The number of hydrogen-bond donors (Lipinski definition) is 2. The van der Waals surface area contributed by atoms with Crippen LogP contribution in [0.5, 0.6) is 0 Å². The Balaban J connectivity index is 2.06. The lowest BCUT2D eigenvalue weighted by molar-refractivity contribution is 0.0783. The van der Waals surface area contributed by atoms with Crippen LogP contribution in [0.15, 0.2) is 48.7 Å². The molecule has 0 atom stereocenters. The van der Waals surface area contributed by atoms with E-state index in [1.54, 1.807) is 42.4 Å². The van der Waals surface area contributed by atoms with E-state index >= 15 is 0 Å². The number of benzene rings is 1. The highest BCUT2D eigenvalue weighted by Crippen LogP contribution is 2.11. The van der Waals surface area contributed by atoms with Gasteiger partial charge in [0, 0.05) is 24.5 Å². The summed E-state index contributed by atoms with van der Waals surface area (Å²) in [5, 5.41) is 0. The van der Waals surface area contributed by atoms with Gasteiger partial charge in [0.2, 0.25) is 0 Å². The van der Waals surface area contributed by atoms with Gasteiger partial charge in [-0.1, -0.05) is 6.07 Å². The minimum atomic E-state index is -0.0470. The van der Waals surface area contributed by atoms with Gasteiger partial charge in [0.1, 0.15) is 0 Å². The van der Waals surface area contributed by atoms with E-state index < -0.39 is 0 Å². The van der Waals surface area contributed by atoms with Crippen molar-refractivity contribution < 1.29 is 4.79 Å². The van der Waals surface area contributed by atoms with Crippen molar-refractivity contribution in [2.75, 3.05) is 12.5 Å². The molecule has 0 bridgehead atoms. The lowest BCUT2D eigenvalue weighted by Gasteiger charge is -2.16. The molecule has 0 aliphatic heterocycles. The molecule has 0 saturated heterocycles. The fourth-order valence-corrected chi connectivity index (χ4v) is 1.74. The summed E-state index contributed by atoms with van der Waals surface area (Å²) < 4.78 is 0. The molecule has 2 rings (SSSR count). The first kappa shape index (κ1) is 13.0. The van der Waals surface area contributed by atoms with Crippen molar-refractivity contribution in [1.82, 2.24) is 9.88 Å². The van der Waals surface area contributed by atoms with E-state index in [2.05, 4.69) is 10.4 Å². The second-order valence-corrected chi connectivity index (χ2v) is 4.20. The van der Waals surface area contributed by atoms with Crippen molar-refractivity contribution in [3.63, 3.8) is 0 Å². The number of nitrogen functional groups attached to an aromatic ring is 1. The SMILES string of the molecule is CN(Cc1ccccn1)C(=O)c1ccc(NN)cc1. The van der Waals surface area contributed by atoms with Crippen LogP contribution in [-0.4, -0.2) is 22.8 Å². The number of carbonyl (C=O) groups is 1. The van der Waals surface area contributed by atoms with Crippen LogP contribution in [0.25, 0.3) is 0 Å². The molecule has 2 aromatic rings. The third kappa shape index (κ3) is 3.29. The van der Waals surface area contributed by atoms with Gasteiger partial charge in [0.05, 0.1) is 12.2 Å². The summed E-state index contributed by atoms with van der Waals surface area (Å²) >= 11 is 0. The Morgan fingerprint density at radius 2 is 2.00 bits per heavy atom. The van der Waals surface area contributed by atoms with Gasteiger partial charge in [0.15, 0.2) is 0 Å². The van der Waals surface area contributed by atoms with Crippen LogP contribution in [0, 0.1) is 0 Å². The highest BCUT2D eigenvalue weighted by molar-refractivity contribution is 5.94. The van der Waals surface area contributed by atoms with E-state index in [0.29, 0.717) is 12.1 Å². The Morgan fingerprint density at radius 1 is 1.26 bits per heavy atom. The van der Waals surface area contributed by atoms with Crippen molar-refractivity contribution in [2.24, 2.45) is 5.84 Å². The molecule has 19 heavy (non-hydrogen) atoms. The van der Waals surface area contributed by atoms with Crippen LogP contribution in [0.2, 0.25) is 0 Å². The second kappa shape index (κ2) is 5.97. The van der Waals surface area contributed by atoms with E-state index in [9.17, 15) is 4.79 Å². The van der Waals surface area contributed by atoms with Crippen LogP contribution in [0.1, 0.15) is 16.1 Å². The van der Waals surface area contributed by atoms with Crippen molar-refractivity contribution >= 4 is 11.6 Å². The number of hydrogen-bond acceptors (Lipinski definition) is 4. The van der Waals surface area contributed by atoms with E-state index in [1.807, 2.05) is 18.2 Å². The minimum absolute atomic E-state index is 0.0470. The van der Waals surface area contributed by atoms with Gasteiger partial charge in [0.25, 0.3) is 5.91 Å². The fraction of sp³-hybridized carbons (Fsp3) is 0.143. The molecule has 0 fully saturated rings. The standard InChI is InChI=1S/C14H16N4O/c1-18(10-13-4-2-3-9-16-13)14(19)11-5-7-12(17-15)8-6-11/h2-9,17H,10,15H2,1H3. The number of hydrazine groups is 1. The van der Waals surface area contributed by atoms with E-state index in [4.69, 9.17) is 5.84 Å². The molecule has 0 aliphatic carbocycles. The van der Waals surface area contributed by atoms with Crippen LogP contribution < -0.4 is 11.3 Å². The van der Waals surface area contributed by atoms with Gasteiger partial charge in [-0.05, 0) is 36.4 Å². The maximum atomic E-state index is 12.2. The molecule has 0 saturated carbocycles. The molecule has 5 heteroatoms. The van der Waals surface area contributed by atoms with E-state index in [0.717, 1.165) is 11.4 Å². The predicted octanol–water partition coefficient (Wildman–Crippen LogP) is 1.64. The summed E-state index contributed by atoms with van der Waals surface area (Å²) in [7, 11) is 1.76. The number of carbonyl (C=O) groups excluding carboxylic acids is 1. The molecule has 0 spiro atoms. The number of nitrogens with zero attached hydrogens (tertiary/aromatic N) is 2. The van der Waals surface area contributed by atoms with E-state index in [1.165, 1.54) is 0 Å². The molecular formula is C14H16N4O. The molecule has 1 heterocycles. The summed E-state index contributed by atoms with van der Waals surface area (Å²) in [5.74, 6) is 5.24. The zero-order chi connectivity index (χ0) is 13.7. The van der Waals surface area contributed by atoms with Crippen molar-refractivity contribution in [3.8, 4) is 0 Å². The Bertz CT molecular complexity index is 539. The highest BCUT2D eigenvalue weighted by Gasteiger charge is 2.12. The lowest BCUT2D eigenvalue weighted by atomic mass is 10.2. The van der Waals surface area contributed by atoms with Crippen molar-refractivity contribution in [3.05, 3.63) is 59.9 Å². The van der Waals surface area contributed by atoms with E-state index in [-0.39, 0.29) is 5.91 Å². The van der Waals surface area contributed by atoms with Crippen LogP contribution in [0.3, 0.4) is 0 Å². The number of pyridine rings is 1. The van der Waals surface area contributed by atoms with Gasteiger partial charge < -0.3 is 10.3 Å². The van der Waals surface area contributed by atoms with Gasteiger partial charge >= 0.3 is 0 Å². The van der Waals surface area contributed by atoms with Gasteiger partial charge in [-0.2, -0.15) is 0 Å². The fourth-order valence-electron chi connectivity index (χ4n) is 1.74. The first-order valence-electron chi connectivity index (χ1n) is 5.93. The van der Waals surface area contributed by atoms with Gasteiger partial charge in [-0.3, -0.25) is 15.6 Å². The highest BCUT2D eigenvalue weighted by atomic mass is 16.2. The smallest absolute Gasteiger partial charge is 0.253 e. The van der Waals surface area contributed by atoms with Crippen molar-refractivity contribution in [1.29, 1.82) is 0 Å². The van der Waals surface area contributed by atoms with Crippen LogP contribution >= 0.6 is 0 Å². The van der Waals surface area contributed by atoms with Gasteiger partial charge in [-0.15, -0.1) is 0 Å². The normalized spacial score (nSPS) is 10.0. The molecule has 0 unspecified atom stereocenters. The Morgan fingerprint density at radius 3 is 2.58 bits per heavy atom. The van der Waals surface area contributed by atoms with Crippen molar-refractivity contribution in [2.45, 2.75) is 6.54 Å². The number of nitrogens with one attached hydrogen (secondary N) is 1. The summed E-state index contributed by atoms with van der Waals surface area (Å²) in [6.07, 6.45) is 1.72. The Kier molecular flexibility index (Phi) is 4.10. The number of amides is 1. The number of aromatic nitrogens is 1. The third-order valence-electron chi connectivity index (χ3n) is 2.77. The zero-order valence-corrected chi connectivity index (χ0v) is 10.7. The molecule has 1 aromatic heterocycles. The number of anilines is 1. The van der Waals surface area contributed by atoms with Gasteiger partial charge in [-0.25, -0.2) is 0 Å². The lowest BCUT2D eigenvalue weighted by Crippen LogP contribution is -2.26. The molecule has 0 aliphatic rings. The maximum absolute atomic E-state index is 12.2. The monoisotopic (exact) mass is 256 g/mol. The average molecular weight is 256 g/mol. The van der Waals surface area contributed by atoms with Crippen LogP contribution in [-0.2, 0) is 6.54 Å². The summed E-state index contributed by atoms with van der Waals surface area (Å²) in [5.41, 5.74) is 4.78. The summed E-state index contributed by atoms with van der Waals surface area (Å²) in [6.45, 7) is 0.483. The summed E-state index contributed by atoms with van der Waals surface area (Å²) in [4.78, 5) is 18.0. The molecule has 5 nitrogen and oxygen atoms in total. The number of rotatable bonds is 4. The molecule has 1 amide bonds. The molecule has 0 radical (unpaired) electrons. The number of nitrogens with two attached hydrogens (primary N) is 1.